The Bertz CT molecular complexity index is 1260. The fraction of sp³-hybridized carbons (Fsp3) is 0.185. The van der Waals surface area contributed by atoms with Gasteiger partial charge >= 0.3 is 0 Å². The molecule has 3 aromatic carbocycles. The largest absolute Gasteiger partial charge is 0.490 e. The van der Waals surface area contributed by atoms with Crippen molar-refractivity contribution in [2.75, 3.05) is 11.9 Å². The standard InChI is InChI=1S/C27H24FIN2O3/c1-4-33-25-14-20(13-23(29)26(25)34-16-19-7-9-22(28)10-8-19)12-21(15-30)27(32)31-24-11-17(2)5-6-18(24)3/h5-14H,4,16H2,1-3H3,(H,31,32)/b21-12+. The summed E-state index contributed by atoms with van der Waals surface area (Å²) in [6, 6.07) is 17.4. The minimum atomic E-state index is -0.485. The highest BCUT2D eigenvalue weighted by Crippen LogP contribution is 2.35. The summed E-state index contributed by atoms with van der Waals surface area (Å²) in [4.78, 5) is 12.8. The van der Waals surface area contributed by atoms with Gasteiger partial charge in [0.25, 0.3) is 5.91 Å². The first-order valence-electron chi connectivity index (χ1n) is 10.6. The molecule has 0 unspecified atom stereocenters. The Morgan fingerprint density at radius 1 is 1.12 bits per heavy atom. The lowest BCUT2D eigenvalue weighted by Gasteiger charge is -2.15. The van der Waals surface area contributed by atoms with Crippen LogP contribution in [-0.4, -0.2) is 12.5 Å². The minimum absolute atomic E-state index is 0.0286. The van der Waals surface area contributed by atoms with Crippen LogP contribution in [0.3, 0.4) is 0 Å². The summed E-state index contributed by atoms with van der Waals surface area (Å²) < 4.78 is 25.6. The number of benzene rings is 3. The Morgan fingerprint density at radius 2 is 1.85 bits per heavy atom. The molecule has 0 aliphatic carbocycles. The lowest BCUT2D eigenvalue weighted by atomic mass is 10.1. The molecule has 3 aromatic rings. The number of nitrogens with one attached hydrogen (secondary N) is 1. The molecule has 0 aliphatic rings. The SMILES string of the molecule is CCOc1cc(/C=C(\C#N)C(=O)Nc2cc(C)ccc2C)cc(I)c1OCc1ccc(F)cc1. The molecule has 5 nitrogen and oxygen atoms in total. The van der Waals surface area contributed by atoms with Crippen LogP contribution in [0.15, 0.2) is 60.2 Å². The maximum atomic E-state index is 13.2. The average molecular weight is 570 g/mol. The Labute approximate surface area is 212 Å². The van der Waals surface area contributed by atoms with Gasteiger partial charge in [0.1, 0.15) is 24.1 Å². The number of carbonyl (C=O) groups is 1. The molecule has 174 valence electrons. The quantitative estimate of drug-likeness (QED) is 0.189. The van der Waals surface area contributed by atoms with Gasteiger partial charge in [0.15, 0.2) is 11.5 Å². The number of hydrogen-bond acceptors (Lipinski definition) is 4. The minimum Gasteiger partial charge on any atom is -0.490 e. The van der Waals surface area contributed by atoms with Crippen molar-refractivity contribution in [1.29, 1.82) is 5.26 Å². The molecule has 3 rings (SSSR count). The van der Waals surface area contributed by atoms with Crippen molar-refractivity contribution in [2.24, 2.45) is 0 Å². The van der Waals surface area contributed by atoms with Crippen LogP contribution in [0.5, 0.6) is 11.5 Å². The van der Waals surface area contributed by atoms with Crippen LogP contribution in [-0.2, 0) is 11.4 Å². The zero-order valence-corrected chi connectivity index (χ0v) is 21.3. The van der Waals surface area contributed by atoms with Crippen molar-refractivity contribution in [1.82, 2.24) is 0 Å². The first kappa shape index (κ1) is 25.2. The topological polar surface area (TPSA) is 71.3 Å². The summed E-state index contributed by atoms with van der Waals surface area (Å²) in [6.07, 6.45) is 1.52. The highest BCUT2D eigenvalue weighted by atomic mass is 127. The van der Waals surface area contributed by atoms with E-state index in [4.69, 9.17) is 9.47 Å². The van der Waals surface area contributed by atoms with E-state index in [1.807, 2.05) is 51.1 Å². The second-order valence-corrected chi connectivity index (χ2v) is 8.78. The molecule has 0 bridgehead atoms. The summed E-state index contributed by atoms with van der Waals surface area (Å²) in [5.41, 5.74) is 4.01. The second kappa shape index (κ2) is 11.7. The third-order valence-electron chi connectivity index (χ3n) is 4.95. The lowest BCUT2D eigenvalue weighted by Crippen LogP contribution is -2.14. The van der Waals surface area contributed by atoms with Crippen LogP contribution >= 0.6 is 22.6 Å². The third kappa shape index (κ3) is 6.58. The molecule has 0 saturated heterocycles. The molecule has 7 heteroatoms. The fourth-order valence-corrected chi connectivity index (χ4v) is 3.97. The number of hydrogen-bond donors (Lipinski definition) is 1. The van der Waals surface area contributed by atoms with Gasteiger partial charge < -0.3 is 14.8 Å². The van der Waals surface area contributed by atoms with Crippen LogP contribution in [0.2, 0.25) is 0 Å². The number of amides is 1. The number of ether oxygens (including phenoxy) is 2. The molecule has 1 amide bonds. The van der Waals surface area contributed by atoms with E-state index in [0.29, 0.717) is 29.4 Å². The normalized spacial score (nSPS) is 11.0. The first-order valence-corrected chi connectivity index (χ1v) is 11.7. The molecule has 0 radical (unpaired) electrons. The molecule has 0 saturated carbocycles. The van der Waals surface area contributed by atoms with Crippen molar-refractivity contribution in [3.05, 3.63) is 91.8 Å². The van der Waals surface area contributed by atoms with Gasteiger partial charge in [0.2, 0.25) is 0 Å². The van der Waals surface area contributed by atoms with Crippen LogP contribution in [0.4, 0.5) is 10.1 Å². The van der Waals surface area contributed by atoms with Gasteiger partial charge in [-0.15, -0.1) is 0 Å². The summed E-state index contributed by atoms with van der Waals surface area (Å²) in [5.74, 6) is 0.248. The number of halogens is 2. The highest BCUT2D eigenvalue weighted by Gasteiger charge is 2.15. The molecule has 1 N–H and O–H groups in total. The number of anilines is 1. The molecule has 0 fully saturated rings. The van der Waals surface area contributed by atoms with E-state index in [2.05, 4.69) is 27.9 Å². The van der Waals surface area contributed by atoms with Gasteiger partial charge in [-0.2, -0.15) is 5.26 Å². The predicted octanol–water partition coefficient (Wildman–Crippen LogP) is 6.57. The Morgan fingerprint density at radius 3 is 2.53 bits per heavy atom. The van der Waals surface area contributed by atoms with Crippen LogP contribution < -0.4 is 14.8 Å². The molecular formula is C27H24FIN2O3. The Balaban J connectivity index is 1.85. The second-order valence-electron chi connectivity index (χ2n) is 7.62. The number of carbonyl (C=O) groups excluding carboxylic acids is 1. The Kier molecular flexibility index (Phi) is 8.66. The first-order chi connectivity index (χ1) is 16.3. The van der Waals surface area contributed by atoms with E-state index < -0.39 is 5.91 Å². The summed E-state index contributed by atoms with van der Waals surface area (Å²) in [7, 11) is 0. The van der Waals surface area contributed by atoms with Gasteiger partial charge in [0, 0.05) is 5.69 Å². The van der Waals surface area contributed by atoms with E-state index in [1.165, 1.54) is 18.2 Å². The van der Waals surface area contributed by atoms with E-state index in [9.17, 15) is 14.4 Å². The number of rotatable bonds is 8. The van der Waals surface area contributed by atoms with Crippen LogP contribution in [0.25, 0.3) is 6.08 Å². The van der Waals surface area contributed by atoms with Crippen molar-refractivity contribution >= 4 is 40.3 Å². The fourth-order valence-electron chi connectivity index (χ4n) is 3.19. The number of nitriles is 1. The van der Waals surface area contributed by atoms with E-state index in [1.54, 1.807) is 18.2 Å². The zero-order chi connectivity index (χ0) is 24.7. The molecular weight excluding hydrogens is 546 g/mol. The maximum Gasteiger partial charge on any atom is 0.266 e. The number of aryl methyl sites for hydroxylation is 2. The van der Waals surface area contributed by atoms with Crippen molar-refractivity contribution in [3.63, 3.8) is 0 Å². The molecule has 0 heterocycles. The molecule has 0 aliphatic heterocycles. The molecule has 0 spiro atoms. The van der Waals surface area contributed by atoms with Gasteiger partial charge in [-0.1, -0.05) is 24.3 Å². The average Bonchev–Trinajstić information content (AvgIpc) is 2.80. The zero-order valence-electron chi connectivity index (χ0n) is 19.1. The van der Waals surface area contributed by atoms with Crippen LogP contribution in [0, 0.1) is 34.6 Å². The van der Waals surface area contributed by atoms with E-state index >= 15 is 0 Å². The molecule has 0 atom stereocenters. The molecule has 0 aromatic heterocycles. The smallest absolute Gasteiger partial charge is 0.266 e. The van der Waals surface area contributed by atoms with Gasteiger partial charge in [-0.05, 0) is 102 Å². The van der Waals surface area contributed by atoms with Gasteiger partial charge in [0.05, 0.1) is 10.2 Å². The summed E-state index contributed by atoms with van der Waals surface area (Å²) >= 11 is 2.12. The highest BCUT2D eigenvalue weighted by molar-refractivity contribution is 14.1. The summed E-state index contributed by atoms with van der Waals surface area (Å²) in [5, 5.41) is 12.4. The van der Waals surface area contributed by atoms with E-state index in [0.717, 1.165) is 20.3 Å². The van der Waals surface area contributed by atoms with Gasteiger partial charge in [-0.25, -0.2) is 4.39 Å². The molecule has 34 heavy (non-hydrogen) atoms. The van der Waals surface area contributed by atoms with Gasteiger partial charge in [-0.3, -0.25) is 4.79 Å². The van der Waals surface area contributed by atoms with Crippen LogP contribution in [0.1, 0.15) is 29.2 Å². The predicted molar refractivity (Wildman–Crippen MR) is 139 cm³/mol. The monoisotopic (exact) mass is 570 g/mol. The summed E-state index contributed by atoms with van der Waals surface area (Å²) in [6.45, 7) is 6.35. The van der Waals surface area contributed by atoms with Crippen molar-refractivity contribution in [2.45, 2.75) is 27.4 Å². The third-order valence-corrected chi connectivity index (χ3v) is 5.75. The maximum absolute atomic E-state index is 13.2. The van der Waals surface area contributed by atoms with Crippen molar-refractivity contribution in [3.8, 4) is 17.6 Å². The van der Waals surface area contributed by atoms with E-state index in [-0.39, 0.29) is 18.0 Å². The van der Waals surface area contributed by atoms with Crippen molar-refractivity contribution < 1.29 is 18.7 Å². The Hall–Kier alpha value is -3.38. The number of nitrogens with zero attached hydrogens (tertiary/aromatic N) is 1. The lowest BCUT2D eigenvalue weighted by molar-refractivity contribution is -0.112.